The van der Waals surface area contributed by atoms with Crippen molar-refractivity contribution in [3.05, 3.63) is 0 Å². The summed E-state index contributed by atoms with van der Waals surface area (Å²) in [5, 5.41) is 2.71. The maximum atomic E-state index is 11.7. The van der Waals surface area contributed by atoms with Gasteiger partial charge in [0.25, 0.3) is 5.91 Å². The average molecular weight is 197 g/mol. The zero-order valence-electron chi connectivity index (χ0n) is 9.44. The van der Waals surface area contributed by atoms with E-state index in [4.69, 9.17) is 0 Å². The third kappa shape index (κ3) is 2.34. The molecule has 1 N–H and O–H groups in total. The number of hydrogen-bond acceptors (Lipinski definition) is 2. The molecule has 0 atom stereocenters. The van der Waals surface area contributed by atoms with E-state index in [0.717, 1.165) is 19.3 Å². The van der Waals surface area contributed by atoms with E-state index >= 15 is 0 Å². The zero-order valence-corrected chi connectivity index (χ0v) is 9.44. The van der Waals surface area contributed by atoms with Crippen LogP contribution in [-0.4, -0.2) is 17.2 Å². The van der Waals surface area contributed by atoms with Crippen LogP contribution in [0.25, 0.3) is 0 Å². The summed E-state index contributed by atoms with van der Waals surface area (Å²) in [4.78, 5) is 23.3. The molecule has 0 radical (unpaired) electrons. The molecule has 0 aliphatic heterocycles. The van der Waals surface area contributed by atoms with Gasteiger partial charge in [-0.25, -0.2) is 0 Å². The summed E-state index contributed by atoms with van der Waals surface area (Å²) in [5.41, 5.74) is -0.633. The Morgan fingerprint density at radius 3 is 2.07 bits per heavy atom. The Hall–Kier alpha value is -0.860. The Balaban J connectivity index is 2.58. The van der Waals surface area contributed by atoms with Crippen LogP contribution in [-0.2, 0) is 9.59 Å². The lowest BCUT2D eigenvalue weighted by Gasteiger charge is -2.21. The standard InChI is InChI=1S/C11H19NO2/c1-5-11(6-7-11)8(13)9(14)12-10(2,3)4/h5-7H2,1-4H3,(H,12,14). The van der Waals surface area contributed by atoms with Crippen LogP contribution in [0.3, 0.4) is 0 Å². The number of ketones is 1. The third-order valence-corrected chi connectivity index (χ3v) is 2.71. The molecule has 0 aromatic heterocycles. The minimum atomic E-state index is -0.420. The van der Waals surface area contributed by atoms with Crippen molar-refractivity contribution in [1.82, 2.24) is 5.32 Å². The molecule has 1 rings (SSSR count). The van der Waals surface area contributed by atoms with Crippen molar-refractivity contribution in [2.45, 2.75) is 52.5 Å². The van der Waals surface area contributed by atoms with Crippen LogP contribution in [0.1, 0.15) is 47.0 Å². The third-order valence-electron chi connectivity index (χ3n) is 2.71. The Morgan fingerprint density at radius 1 is 1.29 bits per heavy atom. The van der Waals surface area contributed by atoms with E-state index in [1.165, 1.54) is 0 Å². The Bertz CT molecular complexity index is 259. The van der Waals surface area contributed by atoms with Gasteiger partial charge in [-0.15, -0.1) is 0 Å². The highest BCUT2D eigenvalue weighted by Gasteiger charge is 2.50. The monoisotopic (exact) mass is 197 g/mol. The van der Waals surface area contributed by atoms with E-state index in [1.54, 1.807) is 0 Å². The molecule has 0 spiro atoms. The van der Waals surface area contributed by atoms with Crippen molar-refractivity contribution in [3.8, 4) is 0 Å². The summed E-state index contributed by atoms with van der Waals surface area (Å²) in [7, 11) is 0. The molecule has 1 aliphatic carbocycles. The lowest BCUT2D eigenvalue weighted by atomic mass is 9.96. The molecule has 1 fully saturated rings. The molecule has 1 amide bonds. The molecule has 3 heteroatoms. The van der Waals surface area contributed by atoms with Crippen molar-refractivity contribution in [1.29, 1.82) is 0 Å². The maximum Gasteiger partial charge on any atom is 0.288 e. The van der Waals surface area contributed by atoms with Gasteiger partial charge in [0.05, 0.1) is 0 Å². The number of carbonyl (C=O) groups is 2. The van der Waals surface area contributed by atoms with E-state index in [2.05, 4.69) is 5.32 Å². The number of amides is 1. The van der Waals surface area contributed by atoms with Gasteiger partial charge in [0, 0.05) is 11.0 Å². The predicted octanol–water partition coefficient (Wildman–Crippen LogP) is 1.66. The predicted molar refractivity (Wildman–Crippen MR) is 54.9 cm³/mol. The fraction of sp³-hybridized carbons (Fsp3) is 0.818. The first kappa shape index (κ1) is 11.2. The quantitative estimate of drug-likeness (QED) is 0.699. The SMILES string of the molecule is CCC1(C(=O)C(=O)NC(C)(C)C)CC1. The first-order valence-corrected chi connectivity index (χ1v) is 5.18. The van der Waals surface area contributed by atoms with E-state index in [0.29, 0.717) is 0 Å². The molecule has 0 saturated heterocycles. The van der Waals surface area contributed by atoms with Crippen LogP contribution in [0, 0.1) is 5.41 Å². The van der Waals surface area contributed by atoms with Gasteiger partial charge < -0.3 is 5.32 Å². The van der Waals surface area contributed by atoms with Crippen LogP contribution in [0.2, 0.25) is 0 Å². The molecule has 0 aromatic carbocycles. The van der Waals surface area contributed by atoms with Crippen LogP contribution in [0.15, 0.2) is 0 Å². The Labute approximate surface area is 85.3 Å². The number of nitrogens with one attached hydrogen (secondary N) is 1. The second kappa shape index (κ2) is 3.37. The van der Waals surface area contributed by atoms with E-state index < -0.39 is 5.91 Å². The van der Waals surface area contributed by atoms with Gasteiger partial charge in [-0.2, -0.15) is 0 Å². The minimum absolute atomic E-state index is 0.227. The fourth-order valence-corrected chi connectivity index (χ4v) is 1.53. The van der Waals surface area contributed by atoms with Crippen molar-refractivity contribution < 1.29 is 9.59 Å². The summed E-state index contributed by atoms with van der Waals surface area (Å²) in [6.45, 7) is 7.60. The summed E-state index contributed by atoms with van der Waals surface area (Å²) < 4.78 is 0. The largest absolute Gasteiger partial charge is 0.345 e. The molecule has 0 bridgehead atoms. The molecular formula is C11H19NO2. The number of hydrogen-bond donors (Lipinski definition) is 1. The van der Waals surface area contributed by atoms with Crippen molar-refractivity contribution in [3.63, 3.8) is 0 Å². The van der Waals surface area contributed by atoms with E-state index in [9.17, 15) is 9.59 Å². The molecule has 0 heterocycles. The van der Waals surface area contributed by atoms with Gasteiger partial charge in [0.15, 0.2) is 0 Å². The first-order valence-electron chi connectivity index (χ1n) is 5.18. The van der Waals surface area contributed by atoms with Crippen molar-refractivity contribution >= 4 is 11.7 Å². The van der Waals surface area contributed by atoms with Gasteiger partial charge in [0.2, 0.25) is 5.78 Å². The Morgan fingerprint density at radius 2 is 1.79 bits per heavy atom. The highest BCUT2D eigenvalue weighted by molar-refractivity contribution is 6.39. The second-order valence-corrected chi connectivity index (χ2v) is 5.17. The van der Waals surface area contributed by atoms with Gasteiger partial charge in [-0.1, -0.05) is 6.92 Å². The normalized spacial score (nSPS) is 18.9. The van der Waals surface area contributed by atoms with Gasteiger partial charge in [-0.05, 0) is 40.0 Å². The summed E-state index contributed by atoms with van der Waals surface area (Å²) in [6.07, 6.45) is 2.53. The maximum absolute atomic E-state index is 11.7. The second-order valence-electron chi connectivity index (χ2n) is 5.17. The molecule has 0 aromatic rings. The van der Waals surface area contributed by atoms with Crippen LogP contribution < -0.4 is 5.32 Å². The topological polar surface area (TPSA) is 46.2 Å². The lowest BCUT2D eigenvalue weighted by molar-refractivity contribution is -0.142. The number of carbonyl (C=O) groups excluding carboxylic acids is 2. The minimum Gasteiger partial charge on any atom is -0.345 e. The van der Waals surface area contributed by atoms with Gasteiger partial charge >= 0.3 is 0 Å². The van der Waals surface area contributed by atoms with Gasteiger partial charge in [0.1, 0.15) is 0 Å². The molecule has 14 heavy (non-hydrogen) atoms. The zero-order chi connectivity index (χ0) is 11.0. The van der Waals surface area contributed by atoms with Crippen LogP contribution in [0.4, 0.5) is 0 Å². The smallest absolute Gasteiger partial charge is 0.288 e. The number of Topliss-reactive ketones (excluding diaryl/α,β-unsaturated/α-hetero) is 1. The fourth-order valence-electron chi connectivity index (χ4n) is 1.53. The molecule has 3 nitrogen and oxygen atoms in total. The average Bonchev–Trinajstić information content (AvgIpc) is 2.80. The molecular weight excluding hydrogens is 178 g/mol. The summed E-state index contributed by atoms with van der Waals surface area (Å²) in [6, 6.07) is 0. The van der Waals surface area contributed by atoms with Crippen molar-refractivity contribution in [2.24, 2.45) is 5.41 Å². The Kier molecular flexibility index (Phi) is 2.70. The molecule has 1 aliphatic rings. The summed E-state index contributed by atoms with van der Waals surface area (Å²) >= 11 is 0. The number of rotatable bonds is 3. The summed E-state index contributed by atoms with van der Waals surface area (Å²) in [5.74, 6) is -0.647. The molecule has 1 saturated carbocycles. The van der Waals surface area contributed by atoms with E-state index in [1.807, 2.05) is 27.7 Å². The first-order chi connectivity index (χ1) is 6.31. The van der Waals surface area contributed by atoms with Gasteiger partial charge in [-0.3, -0.25) is 9.59 Å². The lowest BCUT2D eigenvalue weighted by Crippen LogP contribution is -2.46. The molecule has 0 unspecified atom stereocenters. The van der Waals surface area contributed by atoms with Crippen molar-refractivity contribution in [2.75, 3.05) is 0 Å². The van der Waals surface area contributed by atoms with Crippen LogP contribution in [0.5, 0.6) is 0 Å². The van der Waals surface area contributed by atoms with E-state index in [-0.39, 0.29) is 16.7 Å². The highest BCUT2D eigenvalue weighted by atomic mass is 16.2. The van der Waals surface area contributed by atoms with Crippen LogP contribution >= 0.6 is 0 Å². The highest BCUT2D eigenvalue weighted by Crippen LogP contribution is 2.49. The molecule has 80 valence electrons.